The van der Waals surface area contributed by atoms with Gasteiger partial charge < -0.3 is 4.90 Å². The molecule has 5 nitrogen and oxygen atoms in total. The van der Waals surface area contributed by atoms with E-state index in [2.05, 4.69) is 6.92 Å². The Labute approximate surface area is 197 Å². The molecule has 1 aliphatic heterocycles. The molecule has 2 heterocycles. The number of thiazole rings is 1. The number of piperidine rings is 1. The summed E-state index contributed by atoms with van der Waals surface area (Å²) in [5.74, 6) is -0.131. The highest BCUT2D eigenvalue weighted by molar-refractivity contribution is 7.98. The van der Waals surface area contributed by atoms with Gasteiger partial charge in [0.05, 0.1) is 4.53 Å². The monoisotopic (exact) mass is 472 g/mol. The van der Waals surface area contributed by atoms with Crippen LogP contribution in [0, 0.1) is 5.41 Å². The van der Waals surface area contributed by atoms with Crippen LogP contribution in [-0.2, 0) is 16.1 Å². The number of Topliss-reactive ketones (excluding diaryl/α,β-unsaturated/α-hetero) is 1. The maximum absolute atomic E-state index is 13.3. The van der Waals surface area contributed by atoms with Gasteiger partial charge in [-0.05, 0) is 56.2 Å². The molecule has 1 amide bonds. The molecule has 0 saturated carbocycles. The topological polar surface area (TPSA) is 59.4 Å². The van der Waals surface area contributed by atoms with Crippen molar-refractivity contribution in [2.75, 3.05) is 12.8 Å². The molecule has 3 rings (SSSR count). The molecule has 1 fully saturated rings. The van der Waals surface area contributed by atoms with Crippen LogP contribution in [0.4, 0.5) is 0 Å². The number of likely N-dealkylation sites (tertiary alicyclic amines) is 1. The number of hydrogen-bond donors (Lipinski definition) is 0. The molecule has 0 unspecified atom stereocenters. The van der Waals surface area contributed by atoms with E-state index < -0.39 is 5.41 Å². The average molecular weight is 473 g/mol. The van der Waals surface area contributed by atoms with Crippen molar-refractivity contribution in [1.29, 1.82) is 0 Å². The highest BCUT2D eigenvalue weighted by Gasteiger charge is 2.25. The molecule has 0 N–H and O–H groups in total. The zero-order valence-electron chi connectivity index (χ0n) is 19.5. The van der Waals surface area contributed by atoms with Crippen LogP contribution in [0.15, 0.2) is 34.0 Å². The molecule has 1 aromatic heterocycles. The summed E-state index contributed by atoms with van der Waals surface area (Å²) in [6, 6.07) is 8.15. The molecule has 0 aliphatic carbocycles. The van der Waals surface area contributed by atoms with Crippen LogP contribution in [0.25, 0.3) is 12.2 Å². The lowest BCUT2D eigenvalue weighted by Crippen LogP contribution is -2.46. The van der Waals surface area contributed by atoms with Crippen LogP contribution in [0.2, 0.25) is 0 Å². The van der Waals surface area contributed by atoms with E-state index in [1.807, 2.05) is 62.3 Å². The minimum absolute atomic E-state index is 0.0395. The van der Waals surface area contributed by atoms with Gasteiger partial charge in [-0.25, -0.2) is 0 Å². The van der Waals surface area contributed by atoms with Gasteiger partial charge in [-0.1, -0.05) is 32.9 Å². The summed E-state index contributed by atoms with van der Waals surface area (Å²) in [4.78, 5) is 42.1. The molecule has 1 atom stereocenters. The van der Waals surface area contributed by atoms with Gasteiger partial charge in [0.25, 0.3) is 5.56 Å². The number of amides is 1. The van der Waals surface area contributed by atoms with Crippen LogP contribution in [0.3, 0.4) is 0 Å². The number of hydrogen-bond acceptors (Lipinski definition) is 5. The highest BCUT2D eigenvalue weighted by atomic mass is 32.2. The minimum atomic E-state index is -0.562. The first kappa shape index (κ1) is 24.5. The van der Waals surface area contributed by atoms with Gasteiger partial charge in [0.2, 0.25) is 5.91 Å². The Morgan fingerprint density at radius 3 is 2.47 bits per heavy atom. The number of ketones is 1. The molecule has 2 aromatic rings. The van der Waals surface area contributed by atoms with Crippen LogP contribution in [-0.4, -0.2) is 40.0 Å². The quantitative estimate of drug-likeness (QED) is 0.627. The van der Waals surface area contributed by atoms with E-state index in [0.717, 1.165) is 36.3 Å². The van der Waals surface area contributed by atoms with E-state index >= 15 is 0 Å². The number of rotatable bonds is 5. The summed E-state index contributed by atoms with van der Waals surface area (Å²) in [6.45, 7) is 8.29. The molecule has 7 heteroatoms. The van der Waals surface area contributed by atoms with E-state index in [-0.39, 0.29) is 29.8 Å². The number of thioether (sulfide) groups is 1. The zero-order chi connectivity index (χ0) is 23.5. The Balaban J connectivity index is 2.06. The van der Waals surface area contributed by atoms with Crippen molar-refractivity contribution in [2.24, 2.45) is 5.41 Å². The van der Waals surface area contributed by atoms with E-state index in [4.69, 9.17) is 0 Å². The van der Waals surface area contributed by atoms with E-state index in [1.165, 1.54) is 22.0 Å². The third kappa shape index (κ3) is 5.81. The Morgan fingerprint density at radius 2 is 1.88 bits per heavy atom. The van der Waals surface area contributed by atoms with Gasteiger partial charge in [-0.3, -0.25) is 19.0 Å². The van der Waals surface area contributed by atoms with Crippen molar-refractivity contribution in [3.63, 3.8) is 0 Å². The second-order valence-corrected chi connectivity index (χ2v) is 11.2. The molecular weight excluding hydrogens is 440 g/mol. The van der Waals surface area contributed by atoms with Crippen molar-refractivity contribution in [3.05, 3.63) is 49.4 Å². The maximum Gasteiger partial charge on any atom is 0.269 e. The molecule has 1 aromatic carbocycles. The Bertz CT molecular complexity index is 1150. The summed E-state index contributed by atoms with van der Waals surface area (Å²) in [6.07, 6.45) is 8.47. The Hall–Kier alpha value is -2.12. The first-order valence-electron chi connectivity index (χ1n) is 11.0. The predicted molar refractivity (Wildman–Crippen MR) is 134 cm³/mol. The summed E-state index contributed by atoms with van der Waals surface area (Å²) < 4.78 is 2.52. The summed E-state index contributed by atoms with van der Waals surface area (Å²) in [5.41, 5.74) is 0.126. The second-order valence-electron chi connectivity index (χ2n) is 9.30. The molecule has 0 bridgehead atoms. The summed E-state index contributed by atoms with van der Waals surface area (Å²) in [5, 5.41) is 0. The van der Waals surface area contributed by atoms with Gasteiger partial charge in [-0.2, -0.15) is 0 Å². The second kappa shape index (κ2) is 10.2. The molecule has 172 valence electrons. The van der Waals surface area contributed by atoms with Crippen molar-refractivity contribution in [3.8, 4) is 0 Å². The lowest BCUT2D eigenvalue weighted by molar-refractivity contribution is -0.135. The van der Waals surface area contributed by atoms with E-state index in [9.17, 15) is 14.4 Å². The normalized spacial score (nSPS) is 18.3. The Morgan fingerprint density at radius 1 is 1.19 bits per heavy atom. The van der Waals surface area contributed by atoms with Gasteiger partial charge in [0.1, 0.15) is 11.2 Å². The Kier molecular flexibility index (Phi) is 7.83. The minimum Gasteiger partial charge on any atom is -0.338 e. The number of aromatic nitrogens is 1. The van der Waals surface area contributed by atoms with Gasteiger partial charge in [-0.15, -0.1) is 23.1 Å². The highest BCUT2D eigenvalue weighted by Crippen LogP contribution is 2.17. The fraction of sp³-hybridized carbons (Fsp3) is 0.480. The molecule has 1 saturated heterocycles. The first-order chi connectivity index (χ1) is 15.1. The van der Waals surface area contributed by atoms with Crippen molar-refractivity contribution in [2.45, 2.75) is 64.4 Å². The number of carbonyl (C=O) groups is 2. The van der Waals surface area contributed by atoms with Crippen molar-refractivity contribution in [1.82, 2.24) is 9.47 Å². The van der Waals surface area contributed by atoms with Crippen molar-refractivity contribution >= 4 is 46.9 Å². The van der Waals surface area contributed by atoms with Gasteiger partial charge in [0.15, 0.2) is 5.78 Å². The van der Waals surface area contributed by atoms with Crippen LogP contribution < -0.4 is 14.8 Å². The molecular formula is C25H32N2O3S2. The lowest BCUT2D eigenvalue weighted by Gasteiger charge is -2.33. The predicted octanol–water partition coefficient (Wildman–Crippen LogP) is 3.26. The van der Waals surface area contributed by atoms with Gasteiger partial charge in [0, 0.05) is 29.0 Å². The summed E-state index contributed by atoms with van der Waals surface area (Å²) >= 11 is 2.93. The van der Waals surface area contributed by atoms with Crippen LogP contribution in [0.1, 0.15) is 52.5 Å². The fourth-order valence-corrected chi connectivity index (χ4v) is 5.12. The SMILES string of the molecule is CSc1ccc(/C=c2\s/c(=C\C(=O)C(C)(C)C)n(CC(=O)N3CCCC[C@@H]3C)c2=O)cc1. The molecule has 1 aliphatic rings. The number of carbonyl (C=O) groups excluding carboxylic acids is 2. The zero-order valence-corrected chi connectivity index (χ0v) is 21.1. The van der Waals surface area contributed by atoms with Crippen LogP contribution in [0.5, 0.6) is 0 Å². The molecule has 0 spiro atoms. The largest absolute Gasteiger partial charge is 0.338 e. The maximum atomic E-state index is 13.3. The third-order valence-electron chi connectivity index (χ3n) is 5.76. The number of nitrogens with zero attached hydrogens (tertiary/aromatic N) is 2. The fourth-order valence-electron chi connectivity index (χ4n) is 3.67. The lowest BCUT2D eigenvalue weighted by atomic mass is 9.91. The third-order valence-corrected chi connectivity index (χ3v) is 7.56. The van der Waals surface area contributed by atoms with E-state index in [0.29, 0.717) is 9.20 Å². The number of benzene rings is 1. The molecule has 32 heavy (non-hydrogen) atoms. The first-order valence-corrected chi connectivity index (χ1v) is 13.1. The molecule has 0 radical (unpaired) electrons. The standard InChI is InChI=1S/C25H32N2O3S2/c1-17-8-6-7-13-26(17)22(29)16-27-23(15-21(28)25(2,3)4)32-20(24(27)30)14-18-9-11-19(31-5)12-10-18/h9-12,14-15,17H,6-8,13,16H2,1-5H3/b20-14-,23-15-/t17-/m0/s1. The average Bonchev–Trinajstić information content (AvgIpc) is 3.02. The smallest absolute Gasteiger partial charge is 0.269 e. The van der Waals surface area contributed by atoms with Gasteiger partial charge >= 0.3 is 0 Å². The van der Waals surface area contributed by atoms with E-state index in [1.54, 1.807) is 11.8 Å². The van der Waals surface area contributed by atoms with Crippen molar-refractivity contribution < 1.29 is 9.59 Å². The summed E-state index contributed by atoms with van der Waals surface area (Å²) in [7, 11) is 0. The van der Waals surface area contributed by atoms with Crippen LogP contribution >= 0.6 is 23.1 Å².